The third-order valence-electron chi connectivity index (χ3n) is 5.36. The van der Waals surface area contributed by atoms with Crippen LogP contribution in [0.2, 0.25) is 0 Å². The fraction of sp³-hybridized carbons (Fsp3) is 0.292. The maximum Gasteiger partial charge on any atom is 0.321 e. The monoisotopic (exact) mass is 448 g/mol. The number of nitrogens with one attached hydrogen (secondary N) is 2. The summed E-state index contributed by atoms with van der Waals surface area (Å²) in [6, 6.07) is 18.0. The number of piperazine rings is 1. The van der Waals surface area contributed by atoms with E-state index in [2.05, 4.69) is 44.6 Å². The van der Waals surface area contributed by atoms with E-state index >= 15 is 0 Å². The standard InChI is InChI=1S/C24H28N6OS/c1-17-7-9-19(10-8-17)27-22-16-23(26-18(2)25-22)29-11-13-30(14-12-29)24(31)28-20-5-4-6-21(15-20)32-3/h4-10,15-16H,11-14H2,1-3H3,(H,28,31)(H,25,26,27). The van der Waals surface area contributed by atoms with E-state index in [0.29, 0.717) is 18.9 Å². The molecule has 0 radical (unpaired) electrons. The van der Waals surface area contributed by atoms with Gasteiger partial charge in [-0.05, 0) is 50.4 Å². The smallest absolute Gasteiger partial charge is 0.321 e. The second kappa shape index (κ2) is 9.91. The van der Waals surface area contributed by atoms with Crippen LogP contribution in [0.1, 0.15) is 11.4 Å². The third-order valence-corrected chi connectivity index (χ3v) is 6.09. The van der Waals surface area contributed by atoms with Crippen LogP contribution in [0, 0.1) is 13.8 Å². The summed E-state index contributed by atoms with van der Waals surface area (Å²) in [5.41, 5.74) is 3.03. The average Bonchev–Trinajstić information content (AvgIpc) is 2.80. The average molecular weight is 449 g/mol. The molecule has 0 unspecified atom stereocenters. The van der Waals surface area contributed by atoms with Crippen LogP contribution in [0.5, 0.6) is 0 Å². The number of hydrogen-bond donors (Lipinski definition) is 2. The molecule has 1 fully saturated rings. The summed E-state index contributed by atoms with van der Waals surface area (Å²) in [6.45, 7) is 6.68. The van der Waals surface area contributed by atoms with Gasteiger partial charge in [-0.15, -0.1) is 11.8 Å². The highest BCUT2D eigenvalue weighted by Gasteiger charge is 2.22. The quantitative estimate of drug-likeness (QED) is 0.540. The number of rotatable bonds is 5. The summed E-state index contributed by atoms with van der Waals surface area (Å²) in [5, 5.41) is 6.37. The molecule has 3 aromatic rings. The zero-order valence-electron chi connectivity index (χ0n) is 18.6. The first-order valence-electron chi connectivity index (χ1n) is 10.6. The van der Waals surface area contributed by atoms with Gasteiger partial charge in [0.2, 0.25) is 0 Å². The molecule has 2 aromatic carbocycles. The van der Waals surface area contributed by atoms with Crippen LogP contribution in [0.3, 0.4) is 0 Å². The minimum atomic E-state index is -0.0662. The van der Waals surface area contributed by atoms with Crippen LogP contribution in [-0.4, -0.2) is 53.3 Å². The fourth-order valence-corrected chi connectivity index (χ4v) is 4.06. The Hall–Kier alpha value is -3.26. The van der Waals surface area contributed by atoms with Crippen molar-refractivity contribution in [3.63, 3.8) is 0 Å². The van der Waals surface area contributed by atoms with Crippen LogP contribution in [0.15, 0.2) is 59.5 Å². The first-order valence-corrected chi connectivity index (χ1v) is 11.9. The first kappa shape index (κ1) is 22.0. The molecule has 2 amide bonds. The van der Waals surface area contributed by atoms with Crippen molar-refractivity contribution >= 4 is 40.8 Å². The molecule has 0 spiro atoms. The number of benzene rings is 2. The van der Waals surface area contributed by atoms with Crippen LogP contribution in [0.4, 0.5) is 27.8 Å². The lowest BCUT2D eigenvalue weighted by atomic mass is 10.2. The highest BCUT2D eigenvalue weighted by molar-refractivity contribution is 7.98. The molecule has 1 saturated heterocycles. The Balaban J connectivity index is 1.37. The molecule has 2 N–H and O–H groups in total. The molecule has 8 heteroatoms. The van der Waals surface area contributed by atoms with Gasteiger partial charge in [0.05, 0.1) is 0 Å². The van der Waals surface area contributed by atoms with Gasteiger partial charge in [-0.25, -0.2) is 14.8 Å². The van der Waals surface area contributed by atoms with E-state index in [-0.39, 0.29) is 6.03 Å². The van der Waals surface area contributed by atoms with E-state index in [0.717, 1.165) is 41.0 Å². The van der Waals surface area contributed by atoms with Crippen LogP contribution < -0.4 is 15.5 Å². The van der Waals surface area contributed by atoms with Crippen molar-refractivity contribution in [2.75, 3.05) is 48.0 Å². The minimum Gasteiger partial charge on any atom is -0.353 e. The van der Waals surface area contributed by atoms with Crippen molar-refractivity contribution in [3.05, 3.63) is 66.0 Å². The van der Waals surface area contributed by atoms with Crippen molar-refractivity contribution in [1.82, 2.24) is 14.9 Å². The molecule has 4 rings (SSSR count). The number of hydrogen-bond acceptors (Lipinski definition) is 6. The Morgan fingerprint density at radius 1 is 0.938 bits per heavy atom. The molecule has 0 bridgehead atoms. The van der Waals surface area contributed by atoms with Gasteiger partial charge >= 0.3 is 6.03 Å². The number of carbonyl (C=O) groups is 1. The Morgan fingerprint density at radius 2 is 1.69 bits per heavy atom. The highest BCUT2D eigenvalue weighted by Crippen LogP contribution is 2.22. The van der Waals surface area contributed by atoms with E-state index in [4.69, 9.17) is 0 Å². The molecule has 0 atom stereocenters. The van der Waals surface area contributed by atoms with Gasteiger partial charge < -0.3 is 20.4 Å². The number of nitrogens with zero attached hydrogens (tertiary/aromatic N) is 4. The van der Waals surface area contributed by atoms with Gasteiger partial charge in [-0.1, -0.05) is 23.8 Å². The number of urea groups is 1. The Morgan fingerprint density at radius 3 is 2.41 bits per heavy atom. The van der Waals surface area contributed by atoms with E-state index < -0.39 is 0 Å². The predicted molar refractivity (Wildman–Crippen MR) is 132 cm³/mol. The second-order valence-corrected chi connectivity index (χ2v) is 8.67. The molecular weight excluding hydrogens is 420 g/mol. The molecule has 1 aromatic heterocycles. The van der Waals surface area contributed by atoms with Crippen LogP contribution in [0.25, 0.3) is 0 Å². The molecule has 0 saturated carbocycles. The molecule has 0 aliphatic carbocycles. The Kier molecular flexibility index (Phi) is 6.80. The molecule has 1 aliphatic rings. The first-order chi connectivity index (χ1) is 15.5. The minimum absolute atomic E-state index is 0.0662. The third kappa shape index (κ3) is 5.50. The summed E-state index contributed by atoms with van der Waals surface area (Å²) >= 11 is 1.66. The maximum absolute atomic E-state index is 12.7. The summed E-state index contributed by atoms with van der Waals surface area (Å²) in [5.74, 6) is 2.36. The molecule has 7 nitrogen and oxygen atoms in total. The van der Waals surface area contributed by atoms with Crippen molar-refractivity contribution < 1.29 is 4.79 Å². The summed E-state index contributed by atoms with van der Waals surface area (Å²) < 4.78 is 0. The summed E-state index contributed by atoms with van der Waals surface area (Å²) in [7, 11) is 0. The number of aromatic nitrogens is 2. The van der Waals surface area contributed by atoms with Crippen molar-refractivity contribution in [2.45, 2.75) is 18.7 Å². The van der Waals surface area contributed by atoms with Crippen molar-refractivity contribution in [2.24, 2.45) is 0 Å². The lowest BCUT2D eigenvalue weighted by Gasteiger charge is -2.35. The number of aryl methyl sites for hydroxylation is 2. The zero-order chi connectivity index (χ0) is 22.5. The maximum atomic E-state index is 12.7. The van der Waals surface area contributed by atoms with Gasteiger partial charge in [0.15, 0.2) is 0 Å². The SMILES string of the molecule is CSc1cccc(NC(=O)N2CCN(c3cc(Nc4ccc(C)cc4)nc(C)n3)CC2)c1. The summed E-state index contributed by atoms with van der Waals surface area (Å²) in [6.07, 6.45) is 2.02. The zero-order valence-corrected chi connectivity index (χ0v) is 19.4. The van der Waals surface area contributed by atoms with Gasteiger partial charge in [0.25, 0.3) is 0 Å². The lowest BCUT2D eigenvalue weighted by molar-refractivity contribution is 0.208. The van der Waals surface area contributed by atoms with Crippen molar-refractivity contribution in [3.8, 4) is 0 Å². The molecule has 2 heterocycles. The Labute approximate surface area is 193 Å². The van der Waals surface area contributed by atoms with Crippen LogP contribution in [-0.2, 0) is 0 Å². The van der Waals surface area contributed by atoms with E-state index in [1.165, 1.54) is 5.56 Å². The number of anilines is 4. The van der Waals surface area contributed by atoms with E-state index in [1.807, 2.05) is 60.5 Å². The van der Waals surface area contributed by atoms with Gasteiger partial charge in [0.1, 0.15) is 17.5 Å². The number of thioether (sulfide) groups is 1. The molecule has 166 valence electrons. The van der Waals surface area contributed by atoms with Gasteiger partial charge in [-0.2, -0.15) is 0 Å². The normalized spacial score (nSPS) is 13.7. The second-order valence-electron chi connectivity index (χ2n) is 7.79. The Bertz CT molecular complexity index is 1080. The lowest BCUT2D eigenvalue weighted by Crippen LogP contribution is -2.50. The van der Waals surface area contributed by atoms with Crippen LogP contribution >= 0.6 is 11.8 Å². The predicted octanol–water partition coefficient (Wildman–Crippen LogP) is 4.91. The molecule has 1 aliphatic heterocycles. The molecule has 32 heavy (non-hydrogen) atoms. The van der Waals surface area contributed by atoms with E-state index in [1.54, 1.807) is 11.8 Å². The van der Waals surface area contributed by atoms with Gasteiger partial charge in [0, 0.05) is 48.5 Å². The van der Waals surface area contributed by atoms with Gasteiger partial charge in [-0.3, -0.25) is 0 Å². The van der Waals surface area contributed by atoms with Crippen molar-refractivity contribution in [1.29, 1.82) is 0 Å². The fourth-order valence-electron chi connectivity index (χ4n) is 3.60. The topological polar surface area (TPSA) is 73.4 Å². The number of amides is 2. The van der Waals surface area contributed by atoms with E-state index in [9.17, 15) is 4.79 Å². The number of carbonyl (C=O) groups excluding carboxylic acids is 1. The largest absolute Gasteiger partial charge is 0.353 e. The summed E-state index contributed by atoms with van der Waals surface area (Å²) in [4.78, 5) is 27.0. The molecular formula is C24H28N6OS. The highest BCUT2D eigenvalue weighted by atomic mass is 32.2.